The minimum atomic E-state index is -0.507. The van der Waals surface area contributed by atoms with Gasteiger partial charge in [0.15, 0.2) is 11.0 Å². The van der Waals surface area contributed by atoms with E-state index in [1.807, 2.05) is 4.57 Å². The van der Waals surface area contributed by atoms with Crippen molar-refractivity contribution in [3.8, 4) is 5.75 Å². The number of nitrogens with one attached hydrogen (secondary N) is 2. The summed E-state index contributed by atoms with van der Waals surface area (Å²) >= 11 is 2.77. The number of methoxy groups -OCH3 is 1. The van der Waals surface area contributed by atoms with Crippen molar-refractivity contribution in [2.75, 3.05) is 19.0 Å². The summed E-state index contributed by atoms with van der Waals surface area (Å²) in [4.78, 5) is 40.0. The number of nitrogens with zero attached hydrogens (tertiary/aromatic N) is 3. The van der Waals surface area contributed by atoms with Crippen LogP contribution in [0.4, 0.5) is 5.00 Å². The van der Waals surface area contributed by atoms with E-state index in [1.165, 1.54) is 23.1 Å². The average molecular weight is 600 g/mol. The number of amides is 2. The Morgan fingerprint density at radius 1 is 1.17 bits per heavy atom. The van der Waals surface area contributed by atoms with Crippen molar-refractivity contribution in [1.29, 1.82) is 0 Å². The summed E-state index contributed by atoms with van der Waals surface area (Å²) in [5.74, 6) is 0.360. The zero-order valence-electron chi connectivity index (χ0n) is 24.0. The minimum Gasteiger partial charge on any atom is -0.497 e. The van der Waals surface area contributed by atoms with E-state index in [1.54, 1.807) is 45.2 Å². The molecular formula is C29H37N5O5S2. The lowest BCUT2D eigenvalue weighted by Crippen LogP contribution is -2.25. The second-order valence-electron chi connectivity index (χ2n) is 9.70. The first-order valence-electron chi connectivity index (χ1n) is 14.0. The van der Waals surface area contributed by atoms with Crippen LogP contribution in [-0.4, -0.2) is 51.5 Å². The maximum atomic E-state index is 13.3. The zero-order chi connectivity index (χ0) is 29.4. The monoisotopic (exact) mass is 599 g/mol. The molecule has 220 valence electrons. The molecule has 0 fully saturated rings. The maximum Gasteiger partial charge on any atom is 0.341 e. The van der Waals surface area contributed by atoms with E-state index in [2.05, 4.69) is 27.8 Å². The second kappa shape index (κ2) is 14.5. The number of thioether (sulfide) groups is 1. The predicted molar refractivity (Wildman–Crippen MR) is 160 cm³/mol. The Bertz CT molecular complexity index is 1390. The van der Waals surface area contributed by atoms with Crippen LogP contribution in [0.3, 0.4) is 0 Å². The first kappa shape index (κ1) is 30.6. The zero-order valence-corrected chi connectivity index (χ0v) is 25.6. The highest BCUT2D eigenvalue weighted by molar-refractivity contribution is 8.00. The van der Waals surface area contributed by atoms with Gasteiger partial charge in [0.25, 0.3) is 5.91 Å². The molecule has 12 heteroatoms. The number of ether oxygens (including phenoxy) is 2. The molecule has 1 aliphatic rings. The largest absolute Gasteiger partial charge is 0.497 e. The third kappa shape index (κ3) is 7.48. The molecule has 0 bridgehead atoms. The molecule has 2 N–H and O–H groups in total. The van der Waals surface area contributed by atoms with Crippen LogP contribution in [0.1, 0.15) is 83.4 Å². The molecule has 10 nitrogen and oxygen atoms in total. The van der Waals surface area contributed by atoms with Crippen LogP contribution in [-0.2, 0) is 35.5 Å². The van der Waals surface area contributed by atoms with Crippen molar-refractivity contribution in [1.82, 2.24) is 20.1 Å². The van der Waals surface area contributed by atoms with Crippen LogP contribution in [0.25, 0.3) is 0 Å². The first-order chi connectivity index (χ1) is 19.9. The Labute approximate surface area is 248 Å². The predicted octanol–water partition coefficient (Wildman–Crippen LogP) is 5.25. The van der Waals surface area contributed by atoms with E-state index in [0.29, 0.717) is 39.4 Å². The topological polar surface area (TPSA) is 124 Å². The van der Waals surface area contributed by atoms with Gasteiger partial charge in [-0.05, 0) is 69.7 Å². The van der Waals surface area contributed by atoms with Crippen LogP contribution >= 0.6 is 23.1 Å². The van der Waals surface area contributed by atoms with E-state index in [0.717, 1.165) is 49.0 Å². The molecule has 0 saturated carbocycles. The van der Waals surface area contributed by atoms with Gasteiger partial charge in [-0.25, -0.2) is 4.79 Å². The van der Waals surface area contributed by atoms with Gasteiger partial charge in [0.05, 0.1) is 31.1 Å². The van der Waals surface area contributed by atoms with Gasteiger partial charge in [-0.15, -0.1) is 21.5 Å². The number of rotatable bonds is 13. The molecule has 2 aromatic heterocycles. The minimum absolute atomic E-state index is 0.192. The number of hydrogen-bond donors (Lipinski definition) is 2. The van der Waals surface area contributed by atoms with Gasteiger partial charge >= 0.3 is 5.97 Å². The lowest BCUT2D eigenvalue weighted by molar-refractivity contribution is -0.115. The first-order valence-corrected chi connectivity index (χ1v) is 15.7. The Balaban J connectivity index is 1.46. The normalized spacial score (nSPS) is 13.3. The molecule has 0 saturated heterocycles. The number of thiophene rings is 1. The molecule has 3 aromatic rings. The molecule has 1 aliphatic carbocycles. The number of aromatic nitrogens is 3. The molecule has 41 heavy (non-hydrogen) atoms. The molecule has 1 aromatic carbocycles. The Morgan fingerprint density at radius 3 is 2.73 bits per heavy atom. The van der Waals surface area contributed by atoms with Crippen LogP contribution in [0, 0.1) is 0 Å². The highest BCUT2D eigenvalue weighted by atomic mass is 32.2. The van der Waals surface area contributed by atoms with E-state index in [9.17, 15) is 14.4 Å². The van der Waals surface area contributed by atoms with E-state index >= 15 is 0 Å². The molecular weight excluding hydrogens is 562 g/mol. The van der Waals surface area contributed by atoms with Gasteiger partial charge in [-0.2, -0.15) is 0 Å². The molecule has 1 unspecified atom stereocenters. The number of esters is 1. The highest BCUT2D eigenvalue weighted by Gasteiger charge is 2.29. The summed E-state index contributed by atoms with van der Waals surface area (Å²) in [6, 6.07) is 6.94. The van der Waals surface area contributed by atoms with Crippen LogP contribution in [0.5, 0.6) is 5.75 Å². The fourth-order valence-electron chi connectivity index (χ4n) is 4.60. The molecule has 2 heterocycles. The number of anilines is 1. The molecule has 0 spiro atoms. The lowest BCUT2D eigenvalue weighted by Gasteiger charge is -2.14. The smallest absolute Gasteiger partial charge is 0.341 e. The van der Waals surface area contributed by atoms with Crippen molar-refractivity contribution in [2.45, 2.75) is 82.8 Å². The van der Waals surface area contributed by atoms with E-state index in [-0.39, 0.29) is 30.9 Å². The van der Waals surface area contributed by atoms with Gasteiger partial charge in [-0.3, -0.25) is 9.59 Å². The van der Waals surface area contributed by atoms with Gasteiger partial charge in [0.2, 0.25) is 5.91 Å². The molecule has 2 amide bonds. The lowest BCUT2D eigenvalue weighted by atomic mass is 9.95. The fraction of sp³-hybridized carbons (Fsp3) is 0.483. The summed E-state index contributed by atoms with van der Waals surface area (Å²) in [5.41, 5.74) is 1.99. The maximum absolute atomic E-state index is 13.3. The SMILES string of the molecule is CCCCn1c(CNC(=O)c2cccc(OC)c2)nnc1SC(C)C(=O)Nc1sc2c(c1C(=O)OCC)CCCC2. The third-order valence-corrected chi connectivity index (χ3v) is 9.09. The van der Waals surface area contributed by atoms with Crippen LogP contribution < -0.4 is 15.4 Å². The number of benzene rings is 1. The summed E-state index contributed by atoms with van der Waals surface area (Å²) in [7, 11) is 1.56. The Hall–Kier alpha value is -3.38. The van der Waals surface area contributed by atoms with Crippen molar-refractivity contribution in [3.63, 3.8) is 0 Å². The van der Waals surface area contributed by atoms with E-state index < -0.39 is 5.25 Å². The second-order valence-corrected chi connectivity index (χ2v) is 12.1. The molecule has 1 atom stereocenters. The number of aryl methyl sites for hydroxylation is 1. The molecule has 0 radical (unpaired) electrons. The van der Waals surface area contributed by atoms with Crippen LogP contribution in [0.15, 0.2) is 29.4 Å². The summed E-state index contributed by atoms with van der Waals surface area (Å²) < 4.78 is 12.5. The van der Waals surface area contributed by atoms with Crippen LogP contribution in [0.2, 0.25) is 0 Å². The third-order valence-electron chi connectivity index (χ3n) is 6.81. The molecule has 4 rings (SSSR count). The van der Waals surface area contributed by atoms with Crippen molar-refractivity contribution in [3.05, 3.63) is 51.7 Å². The molecule has 0 aliphatic heterocycles. The number of unbranched alkanes of at least 4 members (excludes halogenated alkanes) is 1. The number of carbonyl (C=O) groups is 3. The number of fused-ring (bicyclic) bond motifs is 1. The quantitative estimate of drug-likeness (QED) is 0.202. The highest BCUT2D eigenvalue weighted by Crippen LogP contribution is 2.39. The van der Waals surface area contributed by atoms with Gasteiger partial charge < -0.3 is 24.7 Å². The van der Waals surface area contributed by atoms with Crippen molar-refractivity contribution in [2.24, 2.45) is 0 Å². The summed E-state index contributed by atoms with van der Waals surface area (Å²) in [5, 5.41) is 15.2. The number of hydrogen-bond acceptors (Lipinski definition) is 9. The Kier molecular flexibility index (Phi) is 10.8. The van der Waals surface area contributed by atoms with Crippen molar-refractivity contribution >= 4 is 45.9 Å². The van der Waals surface area contributed by atoms with Crippen molar-refractivity contribution < 1.29 is 23.9 Å². The Morgan fingerprint density at radius 2 is 1.98 bits per heavy atom. The summed E-state index contributed by atoms with van der Waals surface area (Å²) in [6.07, 6.45) is 5.68. The fourth-order valence-corrected chi connectivity index (χ4v) is 6.78. The van der Waals surface area contributed by atoms with E-state index in [4.69, 9.17) is 9.47 Å². The number of carbonyl (C=O) groups excluding carboxylic acids is 3. The van der Waals surface area contributed by atoms with Gasteiger partial charge in [-0.1, -0.05) is 31.2 Å². The summed E-state index contributed by atoms with van der Waals surface area (Å²) in [6.45, 7) is 6.81. The van der Waals surface area contributed by atoms with Gasteiger partial charge in [0, 0.05) is 17.0 Å². The average Bonchev–Trinajstić information content (AvgIpc) is 3.54. The standard InChI is InChI=1S/C29H37N5O5S2/c1-5-7-15-34-23(17-30-26(36)19-11-10-12-20(16-19)38-4)32-33-29(34)40-18(3)25(35)31-27-24(28(37)39-6-2)21-13-8-9-14-22(21)41-27/h10-12,16,18H,5-9,13-15,17H2,1-4H3,(H,30,36)(H,31,35). The van der Waals surface area contributed by atoms with Gasteiger partial charge in [0.1, 0.15) is 10.8 Å².